The molecule has 29 heavy (non-hydrogen) atoms. The maximum atomic E-state index is 12.2. The van der Waals surface area contributed by atoms with Crippen LogP contribution in [0, 0.1) is 0 Å². The van der Waals surface area contributed by atoms with E-state index in [2.05, 4.69) is 15.6 Å². The molecule has 3 aromatic rings. The number of aromatic nitrogens is 1. The summed E-state index contributed by atoms with van der Waals surface area (Å²) in [6.07, 6.45) is 2.25. The van der Waals surface area contributed by atoms with E-state index in [0.717, 1.165) is 16.5 Å². The molecule has 0 aliphatic rings. The Balaban J connectivity index is 1.50. The van der Waals surface area contributed by atoms with E-state index in [1.807, 2.05) is 30.5 Å². The summed E-state index contributed by atoms with van der Waals surface area (Å²) >= 11 is 0. The number of amides is 2. The number of carbonyl (C=O) groups is 3. The van der Waals surface area contributed by atoms with Gasteiger partial charge in [-0.25, -0.2) is 4.79 Å². The minimum atomic E-state index is -0.522. The van der Waals surface area contributed by atoms with Crippen LogP contribution in [-0.4, -0.2) is 35.9 Å². The summed E-state index contributed by atoms with van der Waals surface area (Å²) in [6.45, 7) is 2.37. The van der Waals surface area contributed by atoms with Crippen LogP contribution in [-0.2, 0) is 20.7 Å². The monoisotopic (exact) mass is 393 g/mol. The van der Waals surface area contributed by atoms with E-state index in [0.29, 0.717) is 18.7 Å². The molecule has 1 heterocycles. The quantitative estimate of drug-likeness (QED) is 0.404. The largest absolute Gasteiger partial charge is 0.462 e. The second kappa shape index (κ2) is 9.54. The van der Waals surface area contributed by atoms with Gasteiger partial charge in [-0.3, -0.25) is 9.59 Å². The van der Waals surface area contributed by atoms with Crippen LogP contribution in [0.25, 0.3) is 10.9 Å². The van der Waals surface area contributed by atoms with E-state index in [1.165, 1.54) is 0 Å². The molecular weight excluding hydrogens is 370 g/mol. The van der Waals surface area contributed by atoms with Gasteiger partial charge in [-0.15, -0.1) is 0 Å². The van der Waals surface area contributed by atoms with Crippen molar-refractivity contribution in [2.75, 3.05) is 18.5 Å². The lowest BCUT2D eigenvalue weighted by molar-refractivity contribution is -0.126. The Hall–Kier alpha value is -3.61. The van der Waals surface area contributed by atoms with Crippen LogP contribution in [0.5, 0.6) is 0 Å². The van der Waals surface area contributed by atoms with Gasteiger partial charge in [-0.1, -0.05) is 30.3 Å². The predicted octanol–water partition coefficient (Wildman–Crippen LogP) is 3.03. The predicted molar refractivity (Wildman–Crippen MR) is 111 cm³/mol. The molecule has 3 rings (SSSR count). The van der Waals surface area contributed by atoms with E-state index in [1.54, 1.807) is 31.2 Å². The van der Waals surface area contributed by atoms with Crippen molar-refractivity contribution >= 4 is 34.4 Å². The zero-order valence-corrected chi connectivity index (χ0v) is 16.2. The van der Waals surface area contributed by atoms with Crippen LogP contribution in [0.3, 0.4) is 0 Å². The normalized spacial score (nSPS) is 10.5. The van der Waals surface area contributed by atoms with Crippen molar-refractivity contribution < 1.29 is 19.1 Å². The lowest BCUT2D eigenvalue weighted by Gasteiger charge is -2.10. The molecule has 0 spiro atoms. The zero-order chi connectivity index (χ0) is 20.6. The fourth-order valence-electron chi connectivity index (χ4n) is 3.06. The van der Waals surface area contributed by atoms with Crippen LogP contribution in [0.2, 0.25) is 0 Å². The fourth-order valence-corrected chi connectivity index (χ4v) is 3.06. The zero-order valence-electron chi connectivity index (χ0n) is 16.2. The van der Waals surface area contributed by atoms with Gasteiger partial charge in [0.1, 0.15) is 6.42 Å². The molecule has 0 aliphatic carbocycles. The molecule has 2 aromatic carbocycles. The molecule has 2 amide bonds. The number of esters is 1. The van der Waals surface area contributed by atoms with Crippen molar-refractivity contribution in [3.63, 3.8) is 0 Å². The van der Waals surface area contributed by atoms with Crippen molar-refractivity contribution in [3.8, 4) is 0 Å². The number of rotatable bonds is 8. The fraction of sp³-hybridized carbons (Fsp3) is 0.227. The number of anilines is 1. The first kappa shape index (κ1) is 20.1. The van der Waals surface area contributed by atoms with E-state index in [-0.39, 0.29) is 24.5 Å². The number of para-hydroxylation sites is 2. The summed E-state index contributed by atoms with van der Waals surface area (Å²) < 4.78 is 4.98. The summed E-state index contributed by atoms with van der Waals surface area (Å²) in [5.74, 6) is -1.39. The molecule has 0 saturated carbocycles. The van der Waals surface area contributed by atoms with Crippen LogP contribution in [0.4, 0.5) is 5.69 Å². The highest BCUT2D eigenvalue weighted by atomic mass is 16.5. The van der Waals surface area contributed by atoms with Crippen molar-refractivity contribution in [3.05, 3.63) is 65.9 Å². The van der Waals surface area contributed by atoms with E-state index >= 15 is 0 Å². The average Bonchev–Trinajstić information content (AvgIpc) is 3.11. The lowest BCUT2D eigenvalue weighted by atomic mass is 10.1. The summed E-state index contributed by atoms with van der Waals surface area (Å²) in [7, 11) is 0. The SMILES string of the molecule is CCOC(=O)c1ccccc1NC(=O)CC(=O)NCCc1c[nH]c2ccccc12. The van der Waals surface area contributed by atoms with Gasteiger partial charge in [0.15, 0.2) is 0 Å². The molecule has 0 radical (unpaired) electrons. The Morgan fingerprint density at radius 2 is 1.76 bits per heavy atom. The van der Waals surface area contributed by atoms with Gasteiger partial charge in [-0.2, -0.15) is 0 Å². The second-order valence-electron chi connectivity index (χ2n) is 6.45. The van der Waals surface area contributed by atoms with Crippen LogP contribution >= 0.6 is 0 Å². The number of ether oxygens (including phenoxy) is 1. The maximum absolute atomic E-state index is 12.2. The van der Waals surface area contributed by atoms with Crippen molar-refractivity contribution in [2.45, 2.75) is 19.8 Å². The minimum Gasteiger partial charge on any atom is -0.462 e. The third-order valence-corrected chi connectivity index (χ3v) is 4.41. The average molecular weight is 393 g/mol. The number of benzene rings is 2. The first-order chi connectivity index (χ1) is 14.1. The van der Waals surface area contributed by atoms with Crippen LogP contribution in [0.15, 0.2) is 54.7 Å². The van der Waals surface area contributed by atoms with Gasteiger partial charge >= 0.3 is 5.97 Å². The molecule has 1 aromatic heterocycles. The first-order valence-corrected chi connectivity index (χ1v) is 9.46. The molecule has 0 aliphatic heterocycles. The molecule has 150 valence electrons. The first-order valence-electron chi connectivity index (χ1n) is 9.46. The Kier molecular flexibility index (Phi) is 6.63. The second-order valence-corrected chi connectivity index (χ2v) is 6.45. The third kappa shape index (κ3) is 5.22. The topological polar surface area (TPSA) is 100 Å². The van der Waals surface area contributed by atoms with E-state index in [9.17, 15) is 14.4 Å². The van der Waals surface area contributed by atoms with Crippen LogP contribution in [0.1, 0.15) is 29.3 Å². The Morgan fingerprint density at radius 1 is 1.00 bits per heavy atom. The number of nitrogens with one attached hydrogen (secondary N) is 3. The van der Waals surface area contributed by atoms with Crippen LogP contribution < -0.4 is 10.6 Å². The summed E-state index contributed by atoms with van der Waals surface area (Å²) in [4.78, 5) is 39.4. The number of hydrogen-bond acceptors (Lipinski definition) is 4. The molecule has 0 atom stereocenters. The highest BCUT2D eigenvalue weighted by molar-refractivity contribution is 6.06. The lowest BCUT2D eigenvalue weighted by Crippen LogP contribution is -2.30. The smallest absolute Gasteiger partial charge is 0.340 e. The van der Waals surface area contributed by atoms with Crippen molar-refractivity contribution in [2.24, 2.45) is 0 Å². The molecule has 7 nitrogen and oxygen atoms in total. The summed E-state index contributed by atoms with van der Waals surface area (Å²) in [5, 5.41) is 6.48. The maximum Gasteiger partial charge on any atom is 0.340 e. The van der Waals surface area contributed by atoms with Gasteiger partial charge < -0.3 is 20.4 Å². The van der Waals surface area contributed by atoms with Crippen molar-refractivity contribution in [1.82, 2.24) is 10.3 Å². The molecule has 0 saturated heterocycles. The molecule has 7 heteroatoms. The van der Waals surface area contributed by atoms with Gasteiger partial charge in [0.05, 0.1) is 17.9 Å². The molecule has 0 fully saturated rings. The van der Waals surface area contributed by atoms with Gasteiger partial charge in [0, 0.05) is 23.6 Å². The summed E-state index contributed by atoms with van der Waals surface area (Å²) in [5.41, 5.74) is 2.73. The summed E-state index contributed by atoms with van der Waals surface area (Å²) in [6, 6.07) is 14.5. The molecule has 3 N–H and O–H groups in total. The highest BCUT2D eigenvalue weighted by Gasteiger charge is 2.15. The van der Waals surface area contributed by atoms with Gasteiger partial charge in [0.2, 0.25) is 11.8 Å². The number of aromatic amines is 1. The Labute approximate surface area is 168 Å². The number of carbonyl (C=O) groups excluding carboxylic acids is 3. The number of hydrogen-bond donors (Lipinski definition) is 3. The van der Waals surface area contributed by atoms with E-state index < -0.39 is 11.9 Å². The third-order valence-electron chi connectivity index (χ3n) is 4.41. The van der Waals surface area contributed by atoms with E-state index in [4.69, 9.17) is 4.74 Å². The Morgan fingerprint density at radius 3 is 2.59 bits per heavy atom. The van der Waals surface area contributed by atoms with Gasteiger partial charge in [0.25, 0.3) is 0 Å². The number of H-pyrrole nitrogens is 1. The number of fused-ring (bicyclic) bond motifs is 1. The van der Waals surface area contributed by atoms with Gasteiger partial charge in [-0.05, 0) is 37.1 Å². The van der Waals surface area contributed by atoms with Crippen molar-refractivity contribution in [1.29, 1.82) is 0 Å². The Bertz CT molecular complexity index is 1030. The molecular formula is C22H23N3O4. The highest BCUT2D eigenvalue weighted by Crippen LogP contribution is 2.18. The molecule has 0 unspecified atom stereocenters. The molecule has 0 bridgehead atoms. The minimum absolute atomic E-state index is 0.236. The standard InChI is InChI=1S/C22H23N3O4/c1-2-29-22(28)17-8-4-6-10-19(17)25-21(27)13-20(26)23-12-11-15-14-24-18-9-5-3-7-16(15)18/h3-10,14,24H,2,11-13H2,1H3,(H,23,26)(H,25,27).